The van der Waals surface area contributed by atoms with Crippen molar-refractivity contribution in [2.45, 2.75) is 25.9 Å². The Morgan fingerprint density at radius 1 is 1.46 bits per heavy atom. The molecule has 1 aromatic heterocycles. The lowest BCUT2D eigenvalue weighted by Crippen LogP contribution is -2.32. The monoisotopic (exact) mass is 197 g/mol. The molecule has 4 heteroatoms. The first kappa shape index (κ1) is 8.91. The summed E-state index contributed by atoms with van der Waals surface area (Å²) in [4.78, 5) is 10.5. The number of rotatable bonds is 0. The van der Waals surface area contributed by atoms with Crippen LogP contribution in [0.1, 0.15) is 25.1 Å². The van der Waals surface area contributed by atoms with E-state index in [1.807, 2.05) is 0 Å². The van der Waals surface area contributed by atoms with Gasteiger partial charge in [0.15, 0.2) is 0 Å². The molecule has 2 rings (SSSR count). The Morgan fingerprint density at radius 3 is 2.77 bits per heavy atom. The normalized spacial score (nSPS) is 20.3. The first-order chi connectivity index (χ1) is 6.03. The molecule has 70 valence electrons. The molecule has 13 heavy (non-hydrogen) atoms. The SMILES string of the molecule is CN1Cc2c(Cl)ncnc2C1(C)C. The van der Waals surface area contributed by atoms with Crippen molar-refractivity contribution in [1.29, 1.82) is 0 Å². The van der Waals surface area contributed by atoms with Gasteiger partial charge >= 0.3 is 0 Å². The van der Waals surface area contributed by atoms with E-state index in [1.165, 1.54) is 6.33 Å². The summed E-state index contributed by atoms with van der Waals surface area (Å²) in [6.07, 6.45) is 1.53. The molecule has 0 atom stereocenters. The predicted molar refractivity (Wildman–Crippen MR) is 51.5 cm³/mol. The zero-order valence-electron chi connectivity index (χ0n) is 8.00. The summed E-state index contributed by atoms with van der Waals surface area (Å²) in [6.45, 7) is 5.12. The number of halogens is 1. The van der Waals surface area contributed by atoms with Crippen molar-refractivity contribution in [1.82, 2.24) is 14.9 Å². The molecule has 0 saturated carbocycles. The van der Waals surface area contributed by atoms with Crippen molar-refractivity contribution in [2.24, 2.45) is 0 Å². The fourth-order valence-corrected chi connectivity index (χ4v) is 1.87. The van der Waals surface area contributed by atoms with Gasteiger partial charge in [0, 0.05) is 12.1 Å². The third-order valence-electron chi connectivity index (χ3n) is 2.82. The summed E-state index contributed by atoms with van der Waals surface area (Å²) in [5.41, 5.74) is 2.09. The molecule has 0 radical (unpaired) electrons. The summed E-state index contributed by atoms with van der Waals surface area (Å²) in [7, 11) is 2.07. The maximum absolute atomic E-state index is 5.98. The van der Waals surface area contributed by atoms with E-state index in [2.05, 4.69) is 35.8 Å². The Bertz CT molecular complexity index is 349. The van der Waals surface area contributed by atoms with Gasteiger partial charge in [-0.25, -0.2) is 9.97 Å². The number of aromatic nitrogens is 2. The van der Waals surface area contributed by atoms with Crippen LogP contribution in [-0.4, -0.2) is 21.9 Å². The summed E-state index contributed by atoms with van der Waals surface area (Å²) in [6, 6.07) is 0. The number of nitrogens with zero attached hydrogens (tertiary/aromatic N) is 3. The number of fused-ring (bicyclic) bond motifs is 1. The van der Waals surface area contributed by atoms with E-state index in [4.69, 9.17) is 11.6 Å². The lowest BCUT2D eigenvalue weighted by atomic mass is 10.0. The van der Waals surface area contributed by atoms with Crippen molar-refractivity contribution < 1.29 is 0 Å². The molecule has 2 heterocycles. The Kier molecular flexibility index (Phi) is 1.82. The summed E-state index contributed by atoms with van der Waals surface area (Å²) < 4.78 is 0. The Labute approximate surface area is 82.8 Å². The van der Waals surface area contributed by atoms with Gasteiger partial charge in [0.05, 0.1) is 11.2 Å². The van der Waals surface area contributed by atoms with E-state index < -0.39 is 0 Å². The Balaban J connectivity index is 2.61. The Morgan fingerprint density at radius 2 is 2.15 bits per heavy atom. The van der Waals surface area contributed by atoms with Gasteiger partial charge in [0.2, 0.25) is 0 Å². The topological polar surface area (TPSA) is 29.0 Å². The molecule has 0 bridgehead atoms. The van der Waals surface area contributed by atoms with Gasteiger partial charge in [-0.15, -0.1) is 0 Å². The van der Waals surface area contributed by atoms with Crippen LogP contribution in [0, 0.1) is 0 Å². The van der Waals surface area contributed by atoms with Crippen LogP contribution in [-0.2, 0) is 12.1 Å². The van der Waals surface area contributed by atoms with Gasteiger partial charge in [0.25, 0.3) is 0 Å². The van der Waals surface area contributed by atoms with Crippen LogP contribution in [0.2, 0.25) is 5.15 Å². The van der Waals surface area contributed by atoms with Gasteiger partial charge in [-0.05, 0) is 20.9 Å². The highest BCUT2D eigenvalue weighted by atomic mass is 35.5. The zero-order valence-corrected chi connectivity index (χ0v) is 8.76. The molecule has 1 aromatic rings. The molecular weight excluding hydrogens is 186 g/mol. The second kappa shape index (κ2) is 2.66. The largest absolute Gasteiger partial charge is 0.291 e. The maximum Gasteiger partial charge on any atom is 0.137 e. The molecule has 0 N–H and O–H groups in total. The maximum atomic E-state index is 5.98. The van der Waals surface area contributed by atoms with Crippen LogP contribution >= 0.6 is 11.6 Å². The lowest BCUT2D eigenvalue weighted by molar-refractivity contribution is 0.175. The second-order valence-corrected chi connectivity index (χ2v) is 4.26. The quantitative estimate of drug-likeness (QED) is 0.594. The van der Waals surface area contributed by atoms with Crippen LogP contribution in [0.5, 0.6) is 0 Å². The number of hydrogen-bond acceptors (Lipinski definition) is 3. The average molecular weight is 198 g/mol. The minimum absolute atomic E-state index is 0.0259. The second-order valence-electron chi connectivity index (χ2n) is 3.91. The smallest absolute Gasteiger partial charge is 0.137 e. The van der Waals surface area contributed by atoms with Gasteiger partial charge in [-0.2, -0.15) is 0 Å². The van der Waals surface area contributed by atoms with Gasteiger partial charge in [0.1, 0.15) is 11.5 Å². The standard InChI is InChI=1S/C9H12ClN3/c1-9(2)7-6(4-13(9)3)8(10)12-5-11-7/h5H,4H2,1-3H3. The first-order valence-electron chi connectivity index (χ1n) is 4.24. The molecule has 0 aliphatic carbocycles. The molecule has 3 nitrogen and oxygen atoms in total. The molecule has 1 aliphatic rings. The highest BCUT2D eigenvalue weighted by molar-refractivity contribution is 6.30. The van der Waals surface area contributed by atoms with E-state index >= 15 is 0 Å². The predicted octanol–water partition coefficient (Wildman–Crippen LogP) is 1.81. The molecule has 0 fully saturated rings. The molecular formula is C9H12ClN3. The zero-order chi connectivity index (χ0) is 9.64. The number of hydrogen-bond donors (Lipinski definition) is 0. The molecule has 0 aromatic carbocycles. The summed E-state index contributed by atoms with van der Waals surface area (Å²) >= 11 is 5.98. The van der Waals surface area contributed by atoms with E-state index in [0.717, 1.165) is 17.8 Å². The molecule has 0 saturated heterocycles. The molecule has 0 amide bonds. The third kappa shape index (κ3) is 1.15. The van der Waals surface area contributed by atoms with Crippen LogP contribution in [0.3, 0.4) is 0 Å². The summed E-state index contributed by atoms with van der Waals surface area (Å²) in [5.74, 6) is 0. The van der Waals surface area contributed by atoms with Crippen molar-refractivity contribution in [3.8, 4) is 0 Å². The van der Waals surface area contributed by atoms with E-state index in [1.54, 1.807) is 0 Å². The molecule has 0 unspecified atom stereocenters. The fraction of sp³-hybridized carbons (Fsp3) is 0.556. The van der Waals surface area contributed by atoms with Crippen LogP contribution in [0.15, 0.2) is 6.33 Å². The third-order valence-corrected chi connectivity index (χ3v) is 3.15. The van der Waals surface area contributed by atoms with Gasteiger partial charge in [-0.3, -0.25) is 4.90 Å². The average Bonchev–Trinajstić information content (AvgIpc) is 2.28. The van der Waals surface area contributed by atoms with Crippen LogP contribution < -0.4 is 0 Å². The van der Waals surface area contributed by atoms with E-state index in [0.29, 0.717) is 5.15 Å². The minimum Gasteiger partial charge on any atom is -0.291 e. The highest BCUT2D eigenvalue weighted by Gasteiger charge is 2.37. The van der Waals surface area contributed by atoms with Crippen molar-refractivity contribution >= 4 is 11.6 Å². The molecule has 1 aliphatic heterocycles. The highest BCUT2D eigenvalue weighted by Crippen LogP contribution is 2.37. The Hall–Kier alpha value is -0.670. The van der Waals surface area contributed by atoms with Crippen LogP contribution in [0.4, 0.5) is 0 Å². The van der Waals surface area contributed by atoms with Crippen molar-refractivity contribution in [3.05, 3.63) is 22.7 Å². The lowest BCUT2D eigenvalue weighted by Gasteiger charge is -2.27. The summed E-state index contributed by atoms with van der Waals surface area (Å²) in [5, 5.41) is 0.586. The van der Waals surface area contributed by atoms with Crippen LogP contribution in [0.25, 0.3) is 0 Å². The first-order valence-corrected chi connectivity index (χ1v) is 4.62. The van der Waals surface area contributed by atoms with Gasteiger partial charge < -0.3 is 0 Å². The van der Waals surface area contributed by atoms with Crippen molar-refractivity contribution in [2.75, 3.05) is 7.05 Å². The van der Waals surface area contributed by atoms with E-state index in [-0.39, 0.29) is 5.54 Å². The van der Waals surface area contributed by atoms with E-state index in [9.17, 15) is 0 Å². The van der Waals surface area contributed by atoms with Crippen molar-refractivity contribution in [3.63, 3.8) is 0 Å². The fourth-order valence-electron chi connectivity index (χ4n) is 1.67. The minimum atomic E-state index is -0.0259. The van der Waals surface area contributed by atoms with Gasteiger partial charge in [-0.1, -0.05) is 11.6 Å². The molecule has 0 spiro atoms.